The maximum Gasteiger partial charge on any atom is 0.350 e. The zero-order chi connectivity index (χ0) is 21.1. The molecule has 1 aromatic rings. The van der Waals surface area contributed by atoms with Gasteiger partial charge >= 0.3 is 11.9 Å². The summed E-state index contributed by atoms with van der Waals surface area (Å²) in [5.41, 5.74) is 1.18. The lowest BCUT2D eigenvalue weighted by atomic mass is 9.87. The van der Waals surface area contributed by atoms with E-state index in [1.807, 2.05) is 6.07 Å². The van der Waals surface area contributed by atoms with Crippen molar-refractivity contribution < 1.29 is 19.1 Å². The summed E-state index contributed by atoms with van der Waals surface area (Å²) in [4.78, 5) is 25.4. The lowest BCUT2D eigenvalue weighted by Gasteiger charge is -2.22. The zero-order valence-corrected chi connectivity index (χ0v) is 21.4. The van der Waals surface area contributed by atoms with Crippen LogP contribution in [0.15, 0.2) is 38.3 Å². The Labute approximate surface area is 200 Å². The number of nitrogens with zero attached hydrogens (tertiary/aromatic N) is 1. The monoisotopic (exact) mass is 641 g/mol. The van der Waals surface area contributed by atoms with Crippen molar-refractivity contribution in [1.82, 2.24) is 0 Å². The number of carbonyl (C=O) groups is 2. The van der Waals surface area contributed by atoms with Crippen molar-refractivity contribution in [2.24, 2.45) is 0 Å². The Hall–Kier alpha value is -0.710. The molecule has 1 aliphatic heterocycles. The first-order valence-electron chi connectivity index (χ1n) is 8.09. The van der Waals surface area contributed by atoms with E-state index in [9.17, 15) is 14.9 Å². The molecule has 148 valence electrons. The number of rotatable bonds is 5. The summed E-state index contributed by atoms with van der Waals surface area (Å²) in [5, 5.41) is 9.50. The Bertz CT molecular complexity index is 914. The van der Waals surface area contributed by atoms with Crippen LogP contribution in [0.2, 0.25) is 0 Å². The third-order valence-electron chi connectivity index (χ3n) is 3.58. The van der Waals surface area contributed by atoms with Gasteiger partial charge in [0, 0.05) is 23.0 Å². The maximum absolute atomic E-state index is 12.3. The van der Waals surface area contributed by atoms with E-state index in [0.717, 1.165) is 23.0 Å². The third kappa shape index (κ3) is 5.46. The summed E-state index contributed by atoms with van der Waals surface area (Å²) in [5.74, 6) is -1.31. The fourth-order valence-corrected chi connectivity index (χ4v) is 7.55. The van der Waals surface area contributed by atoms with Crippen LogP contribution in [0.1, 0.15) is 26.3 Å². The second-order valence-corrected chi connectivity index (χ2v) is 11.2. The molecule has 2 rings (SSSR count). The smallest absolute Gasteiger partial charge is 0.350 e. The van der Waals surface area contributed by atoms with Gasteiger partial charge in [-0.2, -0.15) is 5.26 Å². The minimum absolute atomic E-state index is 0.0109. The number of halogens is 2. The van der Waals surface area contributed by atoms with Gasteiger partial charge in [0.2, 0.25) is 0 Å². The largest absolute Gasteiger partial charge is 0.459 e. The summed E-state index contributed by atoms with van der Waals surface area (Å²) < 4.78 is 12.7. The van der Waals surface area contributed by atoms with Crippen LogP contribution in [0.5, 0.6) is 0 Å². The molecule has 0 fully saturated rings. The highest BCUT2D eigenvalue weighted by molar-refractivity contribution is 14.1. The number of nitriles is 1. The SMILES string of the molecule is C=CC(=O)OCCOC(=O)/C(C#N)=C1\Sc2c(I)cc(C(C)(C)C)c(I)c2S1. The Morgan fingerprint density at radius 2 is 1.82 bits per heavy atom. The van der Waals surface area contributed by atoms with Crippen molar-refractivity contribution >= 4 is 80.6 Å². The molecule has 0 saturated carbocycles. The second kappa shape index (κ2) is 9.86. The van der Waals surface area contributed by atoms with Gasteiger partial charge in [-0.1, -0.05) is 50.9 Å². The number of esters is 2. The molecule has 1 aliphatic rings. The molecule has 0 aliphatic carbocycles. The molecular weight excluding hydrogens is 624 g/mol. The van der Waals surface area contributed by atoms with Crippen LogP contribution in [0.3, 0.4) is 0 Å². The first-order chi connectivity index (χ1) is 13.1. The van der Waals surface area contributed by atoms with Crippen molar-refractivity contribution in [2.75, 3.05) is 13.2 Å². The van der Waals surface area contributed by atoms with E-state index in [-0.39, 0.29) is 24.2 Å². The average molecular weight is 641 g/mol. The molecule has 1 heterocycles. The van der Waals surface area contributed by atoms with Crippen LogP contribution < -0.4 is 0 Å². The molecule has 1 aromatic carbocycles. The predicted octanol–water partition coefficient (Wildman–Crippen LogP) is 5.40. The summed E-state index contributed by atoms with van der Waals surface area (Å²) in [6, 6.07) is 4.12. The van der Waals surface area contributed by atoms with Crippen molar-refractivity contribution in [2.45, 2.75) is 36.0 Å². The van der Waals surface area contributed by atoms with Crippen LogP contribution in [0, 0.1) is 18.5 Å². The quantitative estimate of drug-likeness (QED) is 0.140. The molecule has 0 saturated heterocycles. The van der Waals surface area contributed by atoms with E-state index in [4.69, 9.17) is 9.47 Å². The maximum atomic E-state index is 12.3. The number of fused-ring (bicyclic) bond motifs is 1. The van der Waals surface area contributed by atoms with Gasteiger partial charge < -0.3 is 9.47 Å². The number of carbonyl (C=O) groups excluding carboxylic acids is 2. The minimum atomic E-state index is -0.721. The molecule has 28 heavy (non-hydrogen) atoms. The zero-order valence-electron chi connectivity index (χ0n) is 15.4. The van der Waals surface area contributed by atoms with Crippen LogP contribution in [0.25, 0.3) is 0 Å². The Balaban J connectivity index is 2.23. The fourth-order valence-electron chi connectivity index (χ4n) is 2.21. The van der Waals surface area contributed by atoms with Gasteiger partial charge in [-0.25, -0.2) is 9.59 Å². The molecule has 0 spiro atoms. The molecule has 0 unspecified atom stereocenters. The van der Waals surface area contributed by atoms with E-state index >= 15 is 0 Å². The van der Waals surface area contributed by atoms with Crippen molar-refractivity contribution in [1.29, 1.82) is 5.26 Å². The molecule has 0 N–H and O–H groups in total. The number of hydrogen-bond donors (Lipinski definition) is 0. The van der Waals surface area contributed by atoms with E-state index in [0.29, 0.717) is 4.24 Å². The lowest BCUT2D eigenvalue weighted by Crippen LogP contribution is -2.14. The van der Waals surface area contributed by atoms with Gasteiger partial charge in [0.1, 0.15) is 19.3 Å². The first-order valence-corrected chi connectivity index (χ1v) is 11.9. The van der Waals surface area contributed by atoms with E-state index in [2.05, 4.69) is 78.6 Å². The minimum Gasteiger partial charge on any atom is -0.459 e. The van der Waals surface area contributed by atoms with Crippen LogP contribution >= 0.6 is 68.7 Å². The van der Waals surface area contributed by atoms with Crippen molar-refractivity contribution in [3.05, 3.63) is 41.2 Å². The van der Waals surface area contributed by atoms with Gasteiger partial charge in [0.05, 0.1) is 4.24 Å². The molecule has 0 atom stereocenters. The number of thioether (sulfide) groups is 2. The molecule has 9 heteroatoms. The van der Waals surface area contributed by atoms with Gasteiger partial charge in [0.15, 0.2) is 5.57 Å². The Morgan fingerprint density at radius 1 is 1.21 bits per heavy atom. The summed E-state index contributed by atoms with van der Waals surface area (Å²) in [6.07, 6.45) is 1.03. The predicted molar refractivity (Wildman–Crippen MR) is 127 cm³/mol. The molecular formula is C19H17I2NO4S2. The molecule has 0 amide bonds. The van der Waals surface area contributed by atoms with E-state index < -0.39 is 11.9 Å². The van der Waals surface area contributed by atoms with Gasteiger partial charge in [-0.15, -0.1) is 0 Å². The fraction of sp³-hybridized carbons (Fsp3) is 0.316. The van der Waals surface area contributed by atoms with Crippen molar-refractivity contribution in [3.63, 3.8) is 0 Å². The summed E-state index contributed by atoms with van der Waals surface area (Å²) in [6.45, 7) is 9.56. The highest BCUT2D eigenvalue weighted by Gasteiger charge is 2.32. The average Bonchev–Trinajstić information content (AvgIpc) is 3.07. The normalized spacial score (nSPS) is 14.7. The molecule has 5 nitrogen and oxygen atoms in total. The molecule has 0 radical (unpaired) electrons. The van der Waals surface area contributed by atoms with Crippen LogP contribution in [-0.4, -0.2) is 25.2 Å². The highest BCUT2D eigenvalue weighted by atomic mass is 127. The Kier molecular flexibility index (Phi) is 8.30. The highest BCUT2D eigenvalue weighted by Crippen LogP contribution is 2.56. The van der Waals surface area contributed by atoms with Crippen LogP contribution in [0.4, 0.5) is 0 Å². The molecule has 0 aromatic heterocycles. The van der Waals surface area contributed by atoms with Crippen molar-refractivity contribution in [3.8, 4) is 6.07 Å². The standard InChI is InChI=1S/C19H17I2NO4S2/c1-5-13(23)25-6-7-26-17(24)10(9-22)18-27-15-12(20)8-11(19(2,3)4)14(21)16(15)28-18/h5,8H,1,6-7H2,2-4H3/b18-10+. The summed E-state index contributed by atoms with van der Waals surface area (Å²) >= 11 is 7.46. The van der Waals surface area contributed by atoms with Gasteiger partial charge in [0.25, 0.3) is 0 Å². The first kappa shape index (κ1) is 23.6. The van der Waals surface area contributed by atoms with Crippen LogP contribution in [-0.2, 0) is 24.5 Å². The third-order valence-corrected chi connectivity index (χ3v) is 8.93. The number of ether oxygens (including phenoxy) is 2. The second-order valence-electron chi connectivity index (χ2n) is 6.61. The van der Waals surface area contributed by atoms with E-state index in [1.165, 1.54) is 29.1 Å². The molecule has 0 bridgehead atoms. The van der Waals surface area contributed by atoms with Gasteiger partial charge in [-0.3, -0.25) is 0 Å². The lowest BCUT2D eigenvalue weighted by molar-refractivity contribution is -0.146. The van der Waals surface area contributed by atoms with E-state index in [1.54, 1.807) is 0 Å². The topological polar surface area (TPSA) is 76.4 Å². The Morgan fingerprint density at radius 3 is 2.39 bits per heavy atom. The number of hydrogen-bond acceptors (Lipinski definition) is 7. The number of benzene rings is 1. The summed E-state index contributed by atoms with van der Waals surface area (Å²) in [7, 11) is 0. The van der Waals surface area contributed by atoms with Gasteiger partial charge in [-0.05, 0) is 62.2 Å².